The second-order valence-corrected chi connectivity index (χ2v) is 10.5. The maximum atomic E-state index is 12.6. The molecule has 0 aromatic rings. The van der Waals surface area contributed by atoms with Gasteiger partial charge < -0.3 is 20.3 Å². The molecule has 3 amide bonds. The maximum absolute atomic E-state index is 12.6. The second kappa shape index (κ2) is 6.85. The van der Waals surface area contributed by atoms with Crippen LogP contribution >= 0.6 is 0 Å². The second-order valence-electron chi connectivity index (χ2n) is 10.5. The average Bonchev–Trinajstić information content (AvgIpc) is 2.87. The number of ether oxygens (including phenoxy) is 1. The van der Waals surface area contributed by atoms with Gasteiger partial charge in [-0.25, -0.2) is 9.59 Å². The van der Waals surface area contributed by atoms with Gasteiger partial charge in [-0.2, -0.15) is 0 Å². The molecule has 0 spiro atoms. The first-order valence-corrected chi connectivity index (χ1v) is 10.5. The van der Waals surface area contributed by atoms with E-state index in [1.54, 1.807) is 4.90 Å². The third-order valence-electron chi connectivity index (χ3n) is 7.58. The number of piperidine rings is 1. The molecule has 1 saturated heterocycles. The van der Waals surface area contributed by atoms with Crippen molar-refractivity contribution in [2.24, 2.45) is 16.7 Å². The van der Waals surface area contributed by atoms with Gasteiger partial charge in [-0.05, 0) is 69.6 Å². The Kier molecular flexibility index (Phi) is 5.15. The van der Waals surface area contributed by atoms with Gasteiger partial charge in [0.25, 0.3) is 0 Å². The smallest absolute Gasteiger partial charge is 0.410 e. The monoisotopic (exact) mass is 379 g/mol. The van der Waals surface area contributed by atoms with Crippen LogP contribution in [0.3, 0.4) is 0 Å². The van der Waals surface area contributed by atoms with Gasteiger partial charge in [-0.3, -0.25) is 0 Å². The standard InChI is InChI=1S/C21H37N3O3/c1-19(2,3)27-18(26)24-11-8-15(9-12-24)22-17(25)23-16-13-14-7-10-21(16,6)20(14,4)5/h14-16H,7-13H2,1-6H3,(H2,22,23,25). The number of carbonyl (C=O) groups excluding carboxylic acids is 2. The van der Waals surface area contributed by atoms with Gasteiger partial charge in [0.1, 0.15) is 5.60 Å². The van der Waals surface area contributed by atoms with Crippen molar-refractivity contribution in [1.29, 1.82) is 0 Å². The molecule has 1 aliphatic heterocycles. The largest absolute Gasteiger partial charge is 0.444 e. The van der Waals surface area contributed by atoms with Crippen LogP contribution in [-0.4, -0.2) is 47.8 Å². The molecular weight excluding hydrogens is 342 g/mol. The molecule has 2 N–H and O–H groups in total. The number of carbonyl (C=O) groups is 2. The summed E-state index contributed by atoms with van der Waals surface area (Å²) in [7, 11) is 0. The van der Waals surface area contributed by atoms with Crippen LogP contribution in [0.5, 0.6) is 0 Å². The number of amides is 3. The Balaban J connectivity index is 1.45. The number of fused-ring (bicyclic) bond motifs is 2. The molecule has 0 radical (unpaired) electrons. The minimum absolute atomic E-state index is 0.0553. The fourth-order valence-corrected chi connectivity index (χ4v) is 5.34. The summed E-state index contributed by atoms with van der Waals surface area (Å²) in [6.07, 6.45) is 4.85. The van der Waals surface area contributed by atoms with Crippen molar-refractivity contribution < 1.29 is 14.3 Å². The summed E-state index contributed by atoms with van der Waals surface area (Å²) < 4.78 is 5.43. The van der Waals surface area contributed by atoms with Gasteiger partial charge in [-0.1, -0.05) is 20.8 Å². The number of hydrogen-bond acceptors (Lipinski definition) is 3. The van der Waals surface area contributed by atoms with Gasteiger partial charge in [0, 0.05) is 25.2 Å². The van der Waals surface area contributed by atoms with Crippen molar-refractivity contribution in [2.45, 2.75) is 91.3 Å². The Morgan fingerprint density at radius 1 is 1.04 bits per heavy atom. The van der Waals surface area contributed by atoms with Crippen LogP contribution in [0.15, 0.2) is 0 Å². The molecule has 6 nitrogen and oxygen atoms in total. The van der Waals surface area contributed by atoms with E-state index in [4.69, 9.17) is 4.74 Å². The normalized spacial score (nSPS) is 33.0. The van der Waals surface area contributed by atoms with Gasteiger partial charge in [0.2, 0.25) is 0 Å². The molecule has 0 aromatic heterocycles. The first kappa shape index (κ1) is 20.3. The molecule has 27 heavy (non-hydrogen) atoms. The lowest BCUT2D eigenvalue weighted by Crippen LogP contribution is -2.54. The lowest BCUT2D eigenvalue weighted by atomic mass is 9.69. The van der Waals surface area contributed by atoms with E-state index in [0.717, 1.165) is 19.3 Å². The summed E-state index contributed by atoms with van der Waals surface area (Å²) in [4.78, 5) is 26.5. The highest BCUT2D eigenvalue weighted by Gasteiger charge is 2.61. The Morgan fingerprint density at radius 2 is 1.67 bits per heavy atom. The first-order chi connectivity index (χ1) is 12.4. The highest BCUT2D eigenvalue weighted by Crippen LogP contribution is 2.65. The lowest BCUT2D eigenvalue weighted by Gasteiger charge is -2.40. The first-order valence-electron chi connectivity index (χ1n) is 10.5. The van der Waals surface area contributed by atoms with Crippen molar-refractivity contribution in [3.05, 3.63) is 0 Å². The zero-order valence-electron chi connectivity index (χ0n) is 17.9. The van der Waals surface area contributed by atoms with Crippen molar-refractivity contribution in [3.63, 3.8) is 0 Å². The molecular formula is C21H37N3O3. The minimum Gasteiger partial charge on any atom is -0.444 e. The van der Waals surface area contributed by atoms with Crippen LogP contribution in [0.2, 0.25) is 0 Å². The van der Waals surface area contributed by atoms with Crippen molar-refractivity contribution >= 4 is 12.1 Å². The quantitative estimate of drug-likeness (QED) is 0.764. The van der Waals surface area contributed by atoms with Crippen LogP contribution < -0.4 is 10.6 Å². The Labute approximate surface area is 163 Å². The number of nitrogens with zero attached hydrogens (tertiary/aromatic N) is 1. The molecule has 1 heterocycles. The molecule has 3 rings (SSSR count). The van der Waals surface area contributed by atoms with E-state index < -0.39 is 5.60 Å². The Bertz CT molecular complexity index is 590. The maximum Gasteiger partial charge on any atom is 0.410 e. The molecule has 6 heteroatoms. The predicted octanol–water partition coefficient (Wildman–Crippen LogP) is 3.90. The van der Waals surface area contributed by atoms with E-state index in [1.165, 1.54) is 12.8 Å². The number of likely N-dealkylation sites (tertiary alicyclic amines) is 1. The third kappa shape index (κ3) is 3.90. The van der Waals surface area contributed by atoms with Gasteiger partial charge in [0.05, 0.1) is 0 Å². The third-order valence-corrected chi connectivity index (χ3v) is 7.58. The van der Waals surface area contributed by atoms with E-state index in [-0.39, 0.29) is 29.6 Å². The Morgan fingerprint density at radius 3 is 2.15 bits per heavy atom. The van der Waals surface area contributed by atoms with Gasteiger partial charge >= 0.3 is 12.1 Å². The fourth-order valence-electron chi connectivity index (χ4n) is 5.34. The zero-order chi connectivity index (χ0) is 20.0. The molecule has 3 atom stereocenters. The summed E-state index contributed by atoms with van der Waals surface area (Å²) in [5.74, 6) is 0.713. The summed E-state index contributed by atoms with van der Waals surface area (Å²) in [6, 6.07) is 0.316. The number of nitrogens with one attached hydrogen (secondary N) is 2. The van der Waals surface area contributed by atoms with Crippen LogP contribution in [0.4, 0.5) is 9.59 Å². The molecule has 3 unspecified atom stereocenters. The number of rotatable bonds is 2. The highest BCUT2D eigenvalue weighted by atomic mass is 16.6. The van der Waals surface area contributed by atoms with Crippen LogP contribution in [-0.2, 0) is 4.74 Å². The molecule has 3 aliphatic rings. The Hall–Kier alpha value is -1.46. The minimum atomic E-state index is -0.476. The van der Waals surface area contributed by atoms with E-state index in [0.29, 0.717) is 24.4 Å². The van der Waals surface area contributed by atoms with E-state index in [9.17, 15) is 9.59 Å². The summed E-state index contributed by atoms with van der Waals surface area (Å²) in [5, 5.41) is 6.39. The van der Waals surface area contributed by atoms with Crippen molar-refractivity contribution in [1.82, 2.24) is 15.5 Å². The predicted molar refractivity (Wildman–Crippen MR) is 106 cm³/mol. The SMILES string of the molecule is CC(C)(C)OC(=O)N1CCC(NC(=O)NC2CC3CCC2(C)C3(C)C)CC1. The van der Waals surface area contributed by atoms with Gasteiger partial charge in [0.15, 0.2) is 0 Å². The average molecular weight is 380 g/mol. The van der Waals surface area contributed by atoms with Crippen LogP contribution in [0.1, 0.15) is 73.6 Å². The molecule has 154 valence electrons. The molecule has 2 aliphatic carbocycles. The number of urea groups is 1. The van der Waals surface area contributed by atoms with E-state index in [2.05, 4.69) is 31.4 Å². The van der Waals surface area contributed by atoms with Crippen LogP contribution in [0.25, 0.3) is 0 Å². The van der Waals surface area contributed by atoms with Crippen LogP contribution in [0, 0.1) is 16.7 Å². The number of hydrogen-bond donors (Lipinski definition) is 2. The van der Waals surface area contributed by atoms with Crippen molar-refractivity contribution in [3.8, 4) is 0 Å². The van der Waals surface area contributed by atoms with E-state index >= 15 is 0 Å². The molecule has 2 bridgehead atoms. The summed E-state index contributed by atoms with van der Waals surface area (Å²) in [5.41, 5.74) is 0.00933. The zero-order valence-corrected chi connectivity index (χ0v) is 17.9. The summed E-state index contributed by atoms with van der Waals surface area (Å²) in [6.45, 7) is 13.9. The van der Waals surface area contributed by atoms with E-state index in [1.807, 2.05) is 20.8 Å². The molecule has 2 saturated carbocycles. The topological polar surface area (TPSA) is 70.7 Å². The van der Waals surface area contributed by atoms with Crippen molar-refractivity contribution in [2.75, 3.05) is 13.1 Å². The summed E-state index contributed by atoms with van der Waals surface area (Å²) >= 11 is 0. The fraction of sp³-hybridized carbons (Fsp3) is 0.905. The lowest BCUT2D eigenvalue weighted by molar-refractivity contribution is 0.0201. The van der Waals surface area contributed by atoms with Gasteiger partial charge in [-0.15, -0.1) is 0 Å². The molecule has 0 aromatic carbocycles. The highest BCUT2D eigenvalue weighted by molar-refractivity contribution is 5.75. The molecule has 3 fully saturated rings.